The van der Waals surface area contributed by atoms with Crippen LogP contribution in [0, 0.1) is 6.92 Å². The normalized spacial score (nSPS) is 10.5. The van der Waals surface area contributed by atoms with Crippen LogP contribution in [0.1, 0.15) is 5.56 Å². The van der Waals surface area contributed by atoms with E-state index in [-0.39, 0.29) is 6.54 Å². The van der Waals surface area contributed by atoms with Crippen LogP contribution in [0.5, 0.6) is 17.2 Å². The van der Waals surface area contributed by atoms with Gasteiger partial charge >= 0.3 is 0 Å². The molecule has 0 radical (unpaired) electrons. The molecule has 1 aromatic heterocycles. The van der Waals surface area contributed by atoms with Crippen molar-refractivity contribution in [2.24, 2.45) is 0 Å². The number of aromatic nitrogens is 2. The molecule has 31 heavy (non-hydrogen) atoms. The lowest BCUT2D eigenvalue weighted by atomic mass is 10.1. The number of nitrogens with one attached hydrogen (secondary N) is 1. The standard InChI is InChI=1S/C22H22ClN3O5/c1-13-5-6-15(11-16(13)23)24-20(27)12-26-21(28)8-7-17(25-26)14-9-18(29-2)22(31-4)19(10-14)30-3/h5-11H,12H2,1-4H3,(H,24,27). The number of amides is 1. The third-order valence-electron chi connectivity index (χ3n) is 4.58. The molecule has 0 aliphatic rings. The number of nitrogens with zero attached hydrogens (tertiary/aromatic N) is 2. The van der Waals surface area contributed by atoms with Crippen LogP contribution in [0.25, 0.3) is 11.3 Å². The van der Waals surface area contributed by atoms with Crippen molar-refractivity contribution in [1.29, 1.82) is 0 Å². The highest BCUT2D eigenvalue weighted by Crippen LogP contribution is 2.40. The van der Waals surface area contributed by atoms with Crippen LogP contribution < -0.4 is 25.1 Å². The van der Waals surface area contributed by atoms with Crippen LogP contribution in [-0.4, -0.2) is 37.0 Å². The van der Waals surface area contributed by atoms with Gasteiger partial charge in [-0.25, -0.2) is 4.68 Å². The van der Waals surface area contributed by atoms with E-state index in [4.69, 9.17) is 25.8 Å². The van der Waals surface area contributed by atoms with Crippen molar-refractivity contribution in [3.05, 3.63) is 63.4 Å². The minimum absolute atomic E-state index is 0.261. The van der Waals surface area contributed by atoms with Gasteiger partial charge in [-0.15, -0.1) is 0 Å². The third-order valence-corrected chi connectivity index (χ3v) is 4.98. The number of carbonyl (C=O) groups is 1. The van der Waals surface area contributed by atoms with Crippen LogP contribution in [-0.2, 0) is 11.3 Å². The molecule has 8 nitrogen and oxygen atoms in total. The summed E-state index contributed by atoms with van der Waals surface area (Å²) in [7, 11) is 4.53. The van der Waals surface area contributed by atoms with Gasteiger partial charge in [-0.2, -0.15) is 5.10 Å². The van der Waals surface area contributed by atoms with Gasteiger partial charge < -0.3 is 19.5 Å². The van der Waals surface area contributed by atoms with Gasteiger partial charge in [0.05, 0.1) is 27.0 Å². The topological polar surface area (TPSA) is 91.7 Å². The molecule has 1 heterocycles. The van der Waals surface area contributed by atoms with Crippen molar-refractivity contribution in [3.63, 3.8) is 0 Å². The SMILES string of the molecule is COc1cc(-c2ccc(=O)n(CC(=O)Nc3ccc(C)c(Cl)c3)n2)cc(OC)c1OC. The molecule has 0 saturated carbocycles. The monoisotopic (exact) mass is 443 g/mol. The first-order chi connectivity index (χ1) is 14.9. The summed E-state index contributed by atoms with van der Waals surface area (Å²) in [6.07, 6.45) is 0. The lowest BCUT2D eigenvalue weighted by Gasteiger charge is -2.14. The molecule has 2 aromatic carbocycles. The van der Waals surface area contributed by atoms with Crippen LogP contribution in [0.15, 0.2) is 47.3 Å². The zero-order valence-corrected chi connectivity index (χ0v) is 18.3. The van der Waals surface area contributed by atoms with E-state index in [1.807, 2.05) is 6.92 Å². The second-order valence-corrected chi connectivity index (χ2v) is 7.05. The Balaban J connectivity index is 1.89. The Hall–Kier alpha value is -3.52. The van der Waals surface area contributed by atoms with E-state index < -0.39 is 11.5 Å². The average molecular weight is 444 g/mol. The van der Waals surface area contributed by atoms with Crippen molar-refractivity contribution < 1.29 is 19.0 Å². The summed E-state index contributed by atoms with van der Waals surface area (Å²) in [5.74, 6) is 0.936. The van der Waals surface area contributed by atoms with Crippen LogP contribution in [0.3, 0.4) is 0 Å². The highest BCUT2D eigenvalue weighted by Gasteiger charge is 2.16. The molecule has 0 bridgehead atoms. The molecule has 162 valence electrons. The van der Waals surface area contributed by atoms with Crippen molar-refractivity contribution in [1.82, 2.24) is 9.78 Å². The van der Waals surface area contributed by atoms with Crippen LogP contribution in [0.2, 0.25) is 5.02 Å². The van der Waals surface area contributed by atoms with Gasteiger partial charge in [0.15, 0.2) is 11.5 Å². The fourth-order valence-corrected chi connectivity index (χ4v) is 3.13. The number of ether oxygens (including phenoxy) is 3. The van der Waals surface area contributed by atoms with E-state index in [0.717, 1.165) is 10.2 Å². The molecule has 0 fully saturated rings. The minimum Gasteiger partial charge on any atom is -0.493 e. The molecule has 0 saturated heterocycles. The molecule has 1 amide bonds. The minimum atomic E-state index is -0.409. The third kappa shape index (κ3) is 4.97. The Morgan fingerprint density at radius 2 is 1.71 bits per heavy atom. The molecule has 0 aliphatic heterocycles. The number of hydrogen-bond acceptors (Lipinski definition) is 6. The maximum Gasteiger partial charge on any atom is 0.267 e. The van der Waals surface area contributed by atoms with Gasteiger partial charge in [0.1, 0.15) is 6.54 Å². The summed E-state index contributed by atoms with van der Waals surface area (Å²) in [4.78, 5) is 24.7. The second-order valence-electron chi connectivity index (χ2n) is 6.64. The number of aryl methyl sites for hydroxylation is 1. The quantitative estimate of drug-likeness (QED) is 0.600. The van der Waals surface area contributed by atoms with Crippen LogP contribution in [0.4, 0.5) is 5.69 Å². The van der Waals surface area contributed by atoms with E-state index in [2.05, 4.69) is 10.4 Å². The second kappa shape index (κ2) is 9.53. The largest absolute Gasteiger partial charge is 0.493 e. The van der Waals surface area contributed by atoms with E-state index in [9.17, 15) is 9.59 Å². The van der Waals surface area contributed by atoms with E-state index in [1.165, 1.54) is 27.4 Å². The Labute approximate surface area is 184 Å². The zero-order valence-electron chi connectivity index (χ0n) is 17.6. The molecule has 1 N–H and O–H groups in total. The fraction of sp³-hybridized carbons (Fsp3) is 0.227. The molecule has 3 rings (SSSR count). The smallest absolute Gasteiger partial charge is 0.267 e. The first-order valence-corrected chi connectivity index (χ1v) is 9.68. The molecular formula is C22H22ClN3O5. The number of anilines is 1. The van der Waals surface area contributed by atoms with Crippen molar-refractivity contribution in [2.75, 3.05) is 26.6 Å². The fourth-order valence-electron chi connectivity index (χ4n) is 2.95. The predicted octanol–water partition coefficient (Wildman–Crippen LogP) is 3.54. The molecule has 9 heteroatoms. The lowest BCUT2D eigenvalue weighted by Crippen LogP contribution is -2.29. The van der Waals surface area contributed by atoms with Gasteiger partial charge in [0, 0.05) is 22.3 Å². The Morgan fingerprint density at radius 3 is 2.29 bits per heavy atom. The Kier molecular flexibility index (Phi) is 6.81. The molecule has 3 aromatic rings. The zero-order chi connectivity index (χ0) is 22.5. The molecular weight excluding hydrogens is 422 g/mol. The number of carbonyl (C=O) groups excluding carboxylic acids is 1. The maximum atomic E-state index is 12.5. The molecule has 0 aliphatic carbocycles. The van der Waals surface area contributed by atoms with E-state index in [1.54, 1.807) is 36.4 Å². The molecule has 0 unspecified atom stereocenters. The first-order valence-electron chi connectivity index (χ1n) is 9.30. The first kappa shape index (κ1) is 22.2. The number of rotatable bonds is 7. The predicted molar refractivity (Wildman–Crippen MR) is 118 cm³/mol. The number of benzene rings is 2. The number of halogens is 1. The maximum absolute atomic E-state index is 12.5. The van der Waals surface area contributed by atoms with Gasteiger partial charge in [0.2, 0.25) is 11.7 Å². The summed E-state index contributed by atoms with van der Waals surface area (Å²) in [5.41, 5.74) is 2.12. The highest BCUT2D eigenvalue weighted by atomic mass is 35.5. The Morgan fingerprint density at radius 1 is 1.03 bits per heavy atom. The summed E-state index contributed by atoms with van der Waals surface area (Å²) >= 11 is 6.09. The van der Waals surface area contributed by atoms with Gasteiger partial charge in [-0.05, 0) is 42.8 Å². The summed E-state index contributed by atoms with van der Waals surface area (Å²) in [5, 5.41) is 7.58. The lowest BCUT2D eigenvalue weighted by molar-refractivity contribution is -0.117. The van der Waals surface area contributed by atoms with Gasteiger partial charge in [-0.3, -0.25) is 9.59 Å². The number of methoxy groups -OCH3 is 3. The highest BCUT2D eigenvalue weighted by molar-refractivity contribution is 6.31. The number of hydrogen-bond donors (Lipinski definition) is 1. The van der Waals surface area contributed by atoms with Gasteiger partial charge in [0.25, 0.3) is 5.56 Å². The van der Waals surface area contributed by atoms with Crippen molar-refractivity contribution in [3.8, 4) is 28.5 Å². The van der Waals surface area contributed by atoms with Crippen molar-refractivity contribution >= 4 is 23.2 Å². The summed E-state index contributed by atoms with van der Waals surface area (Å²) < 4.78 is 17.2. The van der Waals surface area contributed by atoms with E-state index in [0.29, 0.717) is 39.2 Å². The summed E-state index contributed by atoms with van der Waals surface area (Å²) in [6.45, 7) is 1.61. The summed E-state index contributed by atoms with van der Waals surface area (Å²) in [6, 6.07) is 11.5. The molecule has 0 atom stereocenters. The van der Waals surface area contributed by atoms with Gasteiger partial charge in [-0.1, -0.05) is 17.7 Å². The average Bonchev–Trinajstić information content (AvgIpc) is 2.76. The Bertz CT molecular complexity index is 1150. The van der Waals surface area contributed by atoms with Crippen LogP contribution >= 0.6 is 11.6 Å². The molecule has 0 spiro atoms. The van der Waals surface area contributed by atoms with E-state index >= 15 is 0 Å². The van der Waals surface area contributed by atoms with Crippen molar-refractivity contribution in [2.45, 2.75) is 13.5 Å².